The van der Waals surface area contributed by atoms with Crippen LogP contribution in [0.3, 0.4) is 0 Å². The summed E-state index contributed by atoms with van der Waals surface area (Å²) in [7, 11) is 0. The summed E-state index contributed by atoms with van der Waals surface area (Å²) in [6.45, 7) is 4.25. The molecule has 0 unspecified atom stereocenters. The first kappa shape index (κ1) is 11.5. The predicted octanol–water partition coefficient (Wildman–Crippen LogP) is 1.99. The van der Waals surface area contributed by atoms with E-state index in [1.807, 2.05) is 35.2 Å². The van der Waals surface area contributed by atoms with Gasteiger partial charge in [0, 0.05) is 37.8 Å². The fraction of sp³-hybridized carbons (Fsp3) is 0.562. The Morgan fingerprint density at radius 3 is 2.53 bits per heavy atom. The van der Waals surface area contributed by atoms with Crippen molar-refractivity contribution in [3.05, 3.63) is 30.3 Å². The molecule has 1 amide bonds. The lowest BCUT2D eigenvalue weighted by Crippen LogP contribution is -2.33. The van der Waals surface area contributed by atoms with Crippen molar-refractivity contribution in [2.45, 2.75) is 12.8 Å². The number of hydrogen-bond donors (Lipinski definition) is 0. The highest BCUT2D eigenvalue weighted by Gasteiger charge is 2.47. The minimum absolute atomic E-state index is 0.249. The SMILES string of the molecule is O=C1[C@H]2CN(CC3CC3)C[C@H]2CN1c1ccccc1. The van der Waals surface area contributed by atoms with E-state index in [4.69, 9.17) is 0 Å². The van der Waals surface area contributed by atoms with Gasteiger partial charge in [0.2, 0.25) is 5.91 Å². The van der Waals surface area contributed by atoms with Crippen molar-refractivity contribution in [1.29, 1.82) is 0 Å². The Morgan fingerprint density at radius 1 is 1.05 bits per heavy atom. The van der Waals surface area contributed by atoms with Crippen LogP contribution in [0.1, 0.15) is 12.8 Å². The number of fused-ring (bicyclic) bond motifs is 1. The molecular formula is C16H20N2O. The van der Waals surface area contributed by atoms with Gasteiger partial charge in [-0.2, -0.15) is 0 Å². The second-order valence-electron chi connectivity index (χ2n) is 6.31. The van der Waals surface area contributed by atoms with Gasteiger partial charge in [0.1, 0.15) is 0 Å². The molecular weight excluding hydrogens is 236 g/mol. The standard InChI is InChI=1S/C16H20N2O/c19-16-15-11-17(8-12-6-7-12)9-13(15)10-18(16)14-4-2-1-3-5-14/h1-5,12-13,15H,6-11H2/t13-,15-/m0/s1. The average Bonchev–Trinajstić information content (AvgIpc) is 3.07. The summed E-state index contributed by atoms with van der Waals surface area (Å²) in [5.74, 6) is 2.07. The first-order valence-electron chi connectivity index (χ1n) is 7.40. The van der Waals surface area contributed by atoms with Gasteiger partial charge in [-0.1, -0.05) is 18.2 Å². The van der Waals surface area contributed by atoms with E-state index in [9.17, 15) is 4.79 Å². The van der Waals surface area contributed by atoms with Gasteiger partial charge in [-0.3, -0.25) is 4.79 Å². The highest BCUT2D eigenvalue weighted by atomic mass is 16.2. The molecule has 1 aliphatic carbocycles. The van der Waals surface area contributed by atoms with Crippen LogP contribution < -0.4 is 4.90 Å². The van der Waals surface area contributed by atoms with E-state index in [-0.39, 0.29) is 5.92 Å². The molecule has 3 nitrogen and oxygen atoms in total. The van der Waals surface area contributed by atoms with Crippen molar-refractivity contribution in [3.63, 3.8) is 0 Å². The van der Waals surface area contributed by atoms with Crippen LogP contribution in [0.4, 0.5) is 5.69 Å². The van der Waals surface area contributed by atoms with Crippen LogP contribution in [-0.2, 0) is 4.79 Å². The molecule has 0 bridgehead atoms. The van der Waals surface area contributed by atoms with E-state index in [2.05, 4.69) is 4.90 Å². The van der Waals surface area contributed by atoms with E-state index < -0.39 is 0 Å². The largest absolute Gasteiger partial charge is 0.312 e. The van der Waals surface area contributed by atoms with Gasteiger partial charge in [0.25, 0.3) is 0 Å². The van der Waals surface area contributed by atoms with E-state index in [1.54, 1.807) is 0 Å². The number of carbonyl (C=O) groups excluding carboxylic acids is 1. The number of carbonyl (C=O) groups is 1. The Hall–Kier alpha value is -1.35. The highest BCUT2D eigenvalue weighted by Crippen LogP contribution is 2.37. The van der Waals surface area contributed by atoms with Crippen molar-refractivity contribution < 1.29 is 4.79 Å². The average molecular weight is 256 g/mol. The topological polar surface area (TPSA) is 23.6 Å². The molecule has 2 aliphatic heterocycles. The van der Waals surface area contributed by atoms with Gasteiger partial charge < -0.3 is 9.80 Å². The second kappa shape index (κ2) is 4.34. The Balaban J connectivity index is 1.46. The van der Waals surface area contributed by atoms with E-state index >= 15 is 0 Å². The summed E-state index contributed by atoms with van der Waals surface area (Å²) in [6.07, 6.45) is 2.80. The number of amides is 1. The van der Waals surface area contributed by atoms with Gasteiger partial charge in [0.15, 0.2) is 0 Å². The van der Waals surface area contributed by atoms with E-state index in [1.165, 1.54) is 19.4 Å². The second-order valence-corrected chi connectivity index (χ2v) is 6.31. The summed E-state index contributed by atoms with van der Waals surface area (Å²) in [5, 5.41) is 0. The Bertz CT molecular complexity index is 483. The molecule has 19 heavy (non-hydrogen) atoms. The zero-order valence-electron chi connectivity index (χ0n) is 11.2. The van der Waals surface area contributed by atoms with Crippen LogP contribution in [0, 0.1) is 17.8 Å². The fourth-order valence-electron chi connectivity index (χ4n) is 3.61. The Morgan fingerprint density at radius 2 is 1.84 bits per heavy atom. The molecule has 2 saturated heterocycles. The molecule has 1 aromatic rings. The molecule has 3 aliphatic rings. The predicted molar refractivity (Wildman–Crippen MR) is 74.9 cm³/mol. The maximum absolute atomic E-state index is 12.5. The first-order chi connectivity index (χ1) is 9.31. The lowest BCUT2D eigenvalue weighted by atomic mass is 10.0. The maximum atomic E-state index is 12.5. The molecule has 100 valence electrons. The Kier molecular flexibility index (Phi) is 2.62. The minimum Gasteiger partial charge on any atom is -0.312 e. The summed E-state index contributed by atoms with van der Waals surface area (Å²) in [4.78, 5) is 17.0. The molecule has 1 saturated carbocycles. The van der Waals surface area contributed by atoms with Crippen molar-refractivity contribution in [1.82, 2.24) is 4.90 Å². The van der Waals surface area contributed by atoms with Crippen molar-refractivity contribution >= 4 is 11.6 Å². The molecule has 3 fully saturated rings. The normalized spacial score (nSPS) is 30.9. The minimum atomic E-state index is 0.249. The number of anilines is 1. The summed E-state index contributed by atoms with van der Waals surface area (Å²) in [5.41, 5.74) is 1.07. The number of benzene rings is 1. The Labute approximate surface area is 114 Å². The smallest absolute Gasteiger partial charge is 0.231 e. The van der Waals surface area contributed by atoms with Crippen LogP contribution in [0.25, 0.3) is 0 Å². The van der Waals surface area contributed by atoms with Crippen LogP contribution in [-0.4, -0.2) is 37.0 Å². The van der Waals surface area contributed by atoms with E-state index in [0.29, 0.717) is 11.8 Å². The number of rotatable bonds is 3. The third-order valence-corrected chi connectivity index (χ3v) is 4.80. The van der Waals surface area contributed by atoms with Gasteiger partial charge in [-0.05, 0) is 30.9 Å². The van der Waals surface area contributed by atoms with E-state index in [0.717, 1.165) is 31.2 Å². The summed E-state index contributed by atoms with van der Waals surface area (Å²) >= 11 is 0. The van der Waals surface area contributed by atoms with Gasteiger partial charge in [-0.25, -0.2) is 0 Å². The number of hydrogen-bond acceptors (Lipinski definition) is 2. The third-order valence-electron chi connectivity index (χ3n) is 4.80. The van der Waals surface area contributed by atoms with Crippen LogP contribution in [0.2, 0.25) is 0 Å². The molecule has 2 heterocycles. The van der Waals surface area contributed by atoms with Crippen molar-refractivity contribution in [2.75, 3.05) is 31.1 Å². The lowest BCUT2D eigenvalue weighted by molar-refractivity contribution is -0.120. The summed E-state index contributed by atoms with van der Waals surface area (Å²) < 4.78 is 0. The van der Waals surface area contributed by atoms with Gasteiger partial charge >= 0.3 is 0 Å². The molecule has 0 spiro atoms. The highest BCUT2D eigenvalue weighted by molar-refractivity contribution is 5.98. The zero-order valence-corrected chi connectivity index (χ0v) is 11.2. The van der Waals surface area contributed by atoms with Crippen LogP contribution in [0.15, 0.2) is 30.3 Å². The van der Waals surface area contributed by atoms with Crippen LogP contribution in [0.5, 0.6) is 0 Å². The molecule has 0 aromatic heterocycles. The molecule has 1 aromatic carbocycles. The molecule has 3 heteroatoms. The fourth-order valence-corrected chi connectivity index (χ4v) is 3.61. The molecule has 0 radical (unpaired) electrons. The maximum Gasteiger partial charge on any atom is 0.231 e. The van der Waals surface area contributed by atoms with Gasteiger partial charge in [-0.15, -0.1) is 0 Å². The number of nitrogens with zero attached hydrogens (tertiary/aromatic N) is 2. The zero-order chi connectivity index (χ0) is 12.8. The number of likely N-dealkylation sites (tertiary alicyclic amines) is 1. The monoisotopic (exact) mass is 256 g/mol. The number of para-hydroxylation sites is 1. The van der Waals surface area contributed by atoms with Crippen LogP contribution >= 0.6 is 0 Å². The quantitative estimate of drug-likeness (QED) is 0.825. The molecule has 0 N–H and O–H groups in total. The first-order valence-corrected chi connectivity index (χ1v) is 7.40. The van der Waals surface area contributed by atoms with Crippen molar-refractivity contribution in [2.24, 2.45) is 17.8 Å². The van der Waals surface area contributed by atoms with Gasteiger partial charge in [0.05, 0.1) is 5.92 Å². The molecule has 2 atom stereocenters. The third kappa shape index (κ3) is 2.06. The molecule has 4 rings (SSSR count). The summed E-state index contributed by atoms with van der Waals surface area (Å²) in [6, 6.07) is 10.1. The van der Waals surface area contributed by atoms with Crippen molar-refractivity contribution in [3.8, 4) is 0 Å². The lowest BCUT2D eigenvalue weighted by Gasteiger charge is -2.21.